The van der Waals surface area contributed by atoms with Gasteiger partial charge in [-0.25, -0.2) is 0 Å². The van der Waals surface area contributed by atoms with E-state index in [-0.39, 0.29) is 17.5 Å². The first-order valence-electron chi connectivity index (χ1n) is 9.21. The summed E-state index contributed by atoms with van der Waals surface area (Å²) in [6.07, 6.45) is 1.95. The molecule has 0 radical (unpaired) electrons. The number of allylic oxidation sites excluding steroid dienone is 1. The summed E-state index contributed by atoms with van der Waals surface area (Å²) in [6.45, 7) is -0.871. The lowest BCUT2D eigenvalue weighted by molar-refractivity contribution is -0.0514. The van der Waals surface area contributed by atoms with E-state index in [0.29, 0.717) is 12.6 Å². The number of ether oxygens (including phenoxy) is 3. The molecule has 0 spiro atoms. The van der Waals surface area contributed by atoms with Crippen LogP contribution >= 0.6 is 0 Å². The average molecular weight is 415 g/mol. The van der Waals surface area contributed by atoms with Gasteiger partial charge in [-0.05, 0) is 71.0 Å². The van der Waals surface area contributed by atoms with Gasteiger partial charge in [-0.3, -0.25) is 0 Å². The van der Waals surface area contributed by atoms with Crippen molar-refractivity contribution >= 4 is 11.6 Å². The van der Waals surface area contributed by atoms with E-state index in [1.54, 1.807) is 30.8 Å². The Morgan fingerprint density at radius 2 is 1.93 bits per heavy atom. The van der Waals surface area contributed by atoms with Gasteiger partial charge >= 0.3 is 6.61 Å². The molecular weight excluding hydrogens is 396 g/mol. The number of benzene rings is 2. The Morgan fingerprint density at radius 3 is 2.63 bits per heavy atom. The molecule has 2 heterocycles. The molecule has 30 heavy (non-hydrogen) atoms. The van der Waals surface area contributed by atoms with Crippen LogP contribution in [0.4, 0.5) is 14.7 Å². The Labute approximate surface area is 171 Å². The summed E-state index contributed by atoms with van der Waals surface area (Å²) in [6, 6.07) is 12.0. The number of aromatic nitrogens is 4. The first-order valence-corrected chi connectivity index (χ1v) is 9.21. The van der Waals surface area contributed by atoms with Crippen LogP contribution in [0.1, 0.15) is 24.1 Å². The number of anilines is 1. The minimum atomic E-state index is -2.94. The molecule has 0 amide bonds. The van der Waals surface area contributed by atoms with E-state index >= 15 is 0 Å². The van der Waals surface area contributed by atoms with Gasteiger partial charge in [0.15, 0.2) is 11.5 Å². The average Bonchev–Trinajstić information content (AvgIpc) is 3.23. The minimum Gasteiger partial charge on any atom is -0.497 e. The maximum Gasteiger partial charge on any atom is 0.387 e. The van der Waals surface area contributed by atoms with Crippen LogP contribution in [0.3, 0.4) is 0 Å². The molecule has 0 aliphatic carbocycles. The molecule has 0 unspecified atom stereocenters. The number of hydrogen-bond acceptors (Lipinski definition) is 7. The van der Waals surface area contributed by atoms with Crippen LogP contribution in [0.15, 0.2) is 48.5 Å². The van der Waals surface area contributed by atoms with Gasteiger partial charge in [0.25, 0.3) is 0 Å². The van der Waals surface area contributed by atoms with Gasteiger partial charge in [-0.1, -0.05) is 11.2 Å². The summed E-state index contributed by atoms with van der Waals surface area (Å²) in [7, 11) is 1.61. The van der Waals surface area contributed by atoms with Gasteiger partial charge in [0.2, 0.25) is 5.95 Å². The maximum atomic E-state index is 12.7. The van der Waals surface area contributed by atoms with Crippen molar-refractivity contribution in [1.82, 2.24) is 20.2 Å². The molecule has 1 atom stereocenters. The molecule has 1 aliphatic rings. The van der Waals surface area contributed by atoms with Crippen molar-refractivity contribution in [1.29, 1.82) is 0 Å². The largest absolute Gasteiger partial charge is 0.497 e. The molecule has 0 saturated carbocycles. The van der Waals surface area contributed by atoms with Crippen molar-refractivity contribution < 1.29 is 23.0 Å². The van der Waals surface area contributed by atoms with Crippen molar-refractivity contribution in [3.05, 3.63) is 59.7 Å². The van der Waals surface area contributed by atoms with Crippen molar-refractivity contribution in [3.8, 4) is 17.2 Å². The predicted molar refractivity (Wildman–Crippen MR) is 105 cm³/mol. The number of nitrogens with zero attached hydrogens (tertiary/aromatic N) is 4. The van der Waals surface area contributed by atoms with Gasteiger partial charge in [0.1, 0.15) is 11.8 Å². The number of alkyl halides is 2. The lowest BCUT2D eigenvalue weighted by atomic mass is 10.0. The van der Waals surface area contributed by atoms with E-state index in [1.807, 2.05) is 30.3 Å². The maximum absolute atomic E-state index is 12.7. The Bertz CT molecular complexity index is 1050. The molecule has 0 bridgehead atoms. The number of methoxy groups -OCH3 is 1. The fourth-order valence-corrected chi connectivity index (χ4v) is 3.20. The third-order valence-corrected chi connectivity index (χ3v) is 4.55. The quantitative estimate of drug-likeness (QED) is 0.629. The van der Waals surface area contributed by atoms with E-state index in [4.69, 9.17) is 9.47 Å². The van der Waals surface area contributed by atoms with Gasteiger partial charge < -0.3 is 19.5 Å². The molecule has 8 nitrogen and oxygen atoms in total. The number of fused-ring (bicyclic) bond motifs is 1. The normalized spacial score (nSPS) is 15.2. The van der Waals surface area contributed by atoms with Crippen LogP contribution in [0.2, 0.25) is 0 Å². The predicted octanol–water partition coefficient (Wildman–Crippen LogP) is 3.74. The summed E-state index contributed by atoms with van der Waals surface area (Å²) >= 11 is 0. The van der Waals surface area contributed by atoms with Crippen molar-refractivity contribution in [2.45, 2.75) is 19.6 Å². The highest BCUT2D eigenvalue weighted by atomic mass is 19.3. The summed E-state index contributed by atoms with van der Waals surface area (Å²) in [5.41, 5.74) is 2.47. The molecule has 1 aromatic heterocycles. The van der Waals surface area contributed by atoms with Crippen LogP contribution in [0, 0.1) is 0 Å². The van der Waals surface area contributed by atoms with E-state index in [1.165, 1.54) is 6.07 Å². The fourth-order valence-electron chi connectivity index (χ4n) is 3.20. The van der Waals surface area contributed by atoms with Crippen molar-refractivity contribution in [3.63, 3.8) is 0 Å². The van der Waals surface area contributed by atoms with Crippen LogP contribution in [0.5, 0.6) is 17.2 Å². The molecule has 10 heteroatoms. The second kappa shape index (κ2) is 8.36. The zero-order valence-corrected chi connectivity index (χ0v) is 16.3. The third kappa shape index (κ3) is 3.88. The lowest BCUT2D eigenvalue weighted by Crippen LogP contribution is -2.20. The number of tetrazole rings is 1. The van der Waals surface area contributed by atoms with Crippen LogP contribution < -0.4 is 19.5 Å². The van der Waals surface area contributed by atoms with Gasteiger partial charge in [0.05, 0.1) is 13.7 Å². The SMILES string of the molecule is CCOc1cc([C@H]2C=C(c3ccc(OC)cc3)Nc3nnnn32)ccc1OC(F)F. The highest BCUT2D eigenvalue weighted by molar-refractivity contribution is 5.77. The molecule has 3 aromatic rings. The smallest absolute Gasteiger partial charge is 0.387 e. The lowest BCUT2D eigenvalue weighted by Gasteiger charge is -2.24. The Kier molecular flexibility index (Phi) is 5.46. The first-order chi connectivity index (χ1) is 14.6. The van der Waals surface area contributed by atoms with E-state index in [0.717, 1.165) is 22.6 Å². The minimum absolute atomic E-state index is 0.0270. The number of rotatable bonds is 7. The molecule has 0 fully saturated rings. The molecule has 1 N–H and O–H groups in total. The second-order valence-corrected chi connectivity index (χ2v) is 6.34. The molecule has 0 saturated heterocycles. The topological polar surface area (TPSA) is 83.3 Å². The fraction of sp³-hybridized carbons (Fsp3) is 0.250. The summed E-state index contributed by atoms with van der Waals surface area (Å²) < 4.78 is 42.3. The van der Waals surface area contributed by atoms with Crippen LogP contribution in [0.25, 0.3) is 5.70 Å². The Morgan fingerprint density at radius 1 is 1.13 bits per heavy atom. The molecular formula is C20H19F2N5O3. The molecule has 2 aromatic carbocycles. The third-order valence-electron chi connectivity index (χ3n) is 4.55. The standard InChI is InChI=1S/C20H19F2N5O3/c1-3-29-18-10-13(6-9-17(18)30-19(21)22)16-11-15(23-20-24-25-26-27(16)20)12-4-7-14(28-2)8-5-12/h4-11,16,19H,3H2,1-2H3,(H,23,24,26)/t16-/m1/s1. The summed E-state index contributed by atoms with van der Waals surface area (Å²) in [5, 5.41) is 15.0. The van der Waals surface area contributed by atoms with E-state index in [2.05, 4.69) is 25.6 Å². The highest BCUT2D eigenvalue weighted by Crippen LogP contribution is 2.37. The Hall–Kier alpha value is -3.69. The number of hydrogen-bond donors (Lipinski definition) is 1. The zero-order valence-electron chi connectivity index (χ0n) is 16.3. The van der Waals surface area contributed by atoms with Crippen molar-refractivity contribution in [2.75, 3.05) is 19.0 Å². The van der Waals surface area contributed by atoms with Crippen molar-refractivity contribution in [2.24, 2.45) is 0 Å². The number of halogens is 2. The van der Waals surface area contributed by atoms with E-state index < -0.39 is 6.61 Å². The van der Waals surface area contributed by atoms with E-state index in [9.17, 15) is 8.78 Å². The first kappa shape index (κ1) is 19.6. The van der Waals surface area contributed by atoms with Gasteiger partial charge in [-0.15, -0.1) is 0 Å². The summed E-state index contributed by atoms with van der Waals surface area (Å²) in [5.74, 6) is 1.40. The van der Waals surface area contributed by atoms with Gasteiger partial charge in [-0.2, -0.15) is 13.5 Å². The molecule has 1 aliphatic heterocycles. The zero-order chi connectivity index (χ0) is 21.1. The highest BCUT2D eigenvalue weighted by Gasteiger charge is 2.25. The van der Waals surface area contributed by atoms with Crippen LogP contribution in [-0.4, -0.2) is 40.5 Å². The molecule has 4 rings (SSSR count). The summed E-state index contributed by atoms with van der Waals surface area (Å²) in [4.78, 5) is 0. The second-order valence-electron chi connectivity index (χ2n) is 6.34. The monoisotopic (exact) mass is 415 g/mol. The number of nitrogens with one attached hydrogen (secondary N) is 1. The van der Waals surface area contributed by atoms with Gasteiger partial charge in [0, 0.05) is 5.70 Å². The van der Waals surface area contributed by atoms with Crippen LogP contribution in [-0.2, 0) is 0 Å². The molecule has 156 valence electrons. The Balaban J connectivity index is 1.74.